The van der Waals surface area contributed by atoms with Crippen LogP contribution in [0.3, 0.4) is 0 Å². The van der Waals surface area contributed by atoms with Gasteiger partial charge in [0.15, 0.2) is 5.11 Å². The van der Waals surface area contributed by atoms with Gasteiger partial charge in [-0.1, -0.05) is 18.2 Å². The zero-order valence-electron chi connectivity index (χ0n) is 16.9. The van der Waals surface area contributed by atoms with Crippen molar-refractivity contribution in [3.8, 4) is 0 Å². The van der Waals surface area contributed by atoms with E-state index < -0.39 is 14.9 Å². The van der Waals surface area contributed by atoms with Gasteiger partial charge in [-0.25, -0.2) is 8.42 Å². The van der Waals surface area contributed by atoms with Crippen LogP contribution in [0.5, 0.6) is 0 Å². The SMILES string of the molecule is O=[N+]([O-])c1ccc(NC(=S)Nc2ccc(S(=O)(=O)N3CCCc4ccccc43)cc2)cc1. The van der Waals surface area contributed by atoms with Crippen LogP contribution in [-0.2, 0) is 16.4 Å². The largest absolute Gasteiger partial charge is 0.332 e. The molecule has 0 aromatic heterocycles. The summed E-state index contributed by atoms with van der Waals surface area (Å²) in [5, 5.41) is 16.9. The summed E-state index contributed by atoms with van der Waals surface area (Å²) < 4.78 is 27.9. The molecule has 0 radical (unpaired) electrons. The van der Waals surface area contributed by atoms with Gasteiger partial charge in [0, 0.05) is 30.1 Å². The van der Waals surface area contributed by atoms with E-state index >= 15 is 0 Å². The summed E-state index contributed by atoms with van der Waals surface area (Å²) >= 11 is 5.27. The fraction of sp³-hybridized carbons (Fsp3) is 0.136. The van der Waals surface area contributed by atoms with Gasteiger partial charge < -0.3 is 10.6 Å². The monoisotopic (exact) mass is 468 g/mol. The molecule has 0 spiro atoms. The zero-order chi connectivity index (χ0) is 22.7. The molecule has 10 heteroatoms. The van der Waals surface area contributed by atoms with Crippen molar-refractivity contribution in [3.63, 3.8) is 0 Å². The third kappa shape index (κ3) is 4.56. The molecule has 32 heavy (non-hydrogen) atoms. The van der Waals surface area contributed by atoms with E-state index in [0.717, 1.165) is 24.1 Å². The van der Waals surface area contributed by atoms with Crippen molar-refractivity contribution in [1.29, 1.82) is 0 Å². The molecule has 1 aliphatic rings. The lowest BCUT2D eigenvalue weighted by Gasteiger charge is -2.30. The predicted octanol–water partition coefficient (Wildman–Crippen LogP) is 4.55. The van der Waals surface area contributed by atoms with Crippen LogP contribution in [0, 0.1) is 10.1 Å². The first-order valence-electron chi connectivity index (χ1n) is 9.88. The maximum atomic E-state index is 13.2. The molecule has 0 aliphatic carbocycles. The van der Waals surface area contributed by atoms with Gasteiger partial charge in [0.05, 0.1) is 15.5 Å². The van der Waals surface area contributed by atoms with Crippen LogP contribution in [0.25, 0.3) is 0 Å². The number of rotatable bonds is 5. The minimum Gasteiger partial charge on any atom is -0.332 e. The first kappa shape index (κ1) is 21.7. The number of hydrogen-bond donors (Lipinski definition) is 2. The van der Waals surface area contributed by atoms with Crippen molar-refractivity contribution in [1.82, 2.24) is 0 Å². The average Bonchev–Trinajstić information content (AvgIpc) is 2.79. The third-order valence-corrected chi connectivity index (χ3v) is 7.14. The van der Waals surface area contributed by atoms with Crippen molar-refractivity contribution in [2.24, 2.45) is 0 Å². The van der Waals surface area contributed by atoms with Gasteiger partial charge in [-0.05, 0) is 73.1 Å². The number of nitro benzene ring substituents is 1. The van der Waals surface area contributed by atoms with Crippen LogP contribution in [0.15, 0.2) is 77.7 Å². The number of para-hydroxylation sites is 1. The highest BCUT2D eigenvalue weighted by atomic mass is 32.2. The number of nitro groups is 1. The lowest BCUT2D eigenvalue weighted by molar-refractivity contribution is -0.384. The predicted molar refractivity (Wildman–Crippen MR) is 129 cm³/mol. The first-order chi connectivity index (χ1) is 15.3. The molecule has 0 unspecified atom stereocenters. The molecule has 164 valence electrons. The van der Waals surface area contributed by atoms with Crippen molar-refractivity contribution in [2.75, 3.05) is 21.5 Å². The average molecular weight is 469 g/mol. The molecule has 0 fully saturated rings. The number of nitrogens with zero attached hydrogens (tertiary/aromatic N) is 2. The number of nitrogens with one attached hydrogen (secondary N) is 2. The van der Waals surface area contributed by atoms with Crippen molar-refractivity contribution >= 4 is 50.1 Å². The molecular weight excluding hydrogens is 448 g/mol. The summed E-state index contributed by atoms with van der Waals surface area (Å²) in [5.41, 5.74) is 2.96. The Hall–Kier alpha value is -3.50. The van der Waals surface area contributed by atoms with Gasteiger partial charge in [-0.3, -0.25) is 14.4 Å². The molecule has 3 aromatic carbocycles. The lowest BCUT2D eigenvalue weighted by Crippen LogP contribution is -2.35. The quantitative estimate of drug-likeness (QED) is 0.322. The van der Waals surface area contributed by atoms with Crippen LogP contribution in [0.2, 0.25) is 0 Å². The fourth-order valence-electron chi connectivity index (χ4n) is 3.55. The molecule has 0 saturated carbocycles. The third-order valence-electron chi connectivity index (χ3n) is 5.10. The van der Waals surface area contributed by atoms with Crippen LogP contribution in [0.1, 0.15) is 12.0 Å². The van der Waals surface area contributed by atoms with Crippen LogP contribution in [-0.4, -0.2) is 25.0 Å². The topological polar surface area (TPSA) is 105 Å². The highest BCUT2D eigenvalue weighted by Gasteiger charge is 2.28. The van der Waals surface area contributed by atoms with E-state index in [1.807, 2.05) is 24.3 Å². The minimum atomic E-state index is -3.68. The Bertz CT molecular complexity index is 1260. The Balaban J connectivity index is 1.45. The van der Waals surface area contributed by atoms with E-state index in [9.17, 15) is 18.5 Å². The van der Waals surface area contributed by atoms with Gasteiger partial charge in [0.2, 0.25) is 0 Å². The molecule has 1 heterocycles. The smallest absolute Gasteiger partial charge is 0.269 e. The second-order valence-electron chi connectivity index (χ2n) is 7.22. The number of fused-ring (bicyclic) bond motifs is 1. The highest BCUT2D eigenvalue weighted by Crippen LogP contribution is 2.32. The van der Waals surface area contributed by atoms with Crippen LogP contribution in [0.4, 0.5) is 22.7 Å². The number of benzene rings is 3. The molecule has 0 atom stereocenters. The molecule has 0 saturated heterocycles. The second-order valence-corrected chi connectivity index (χ2v) is 9.49. The summed E-state index contributed by atoms with van der Waals surface area (Å²) in [4.78, 5) is 10.5. The number of anilines is 3. The summed E-state index contributed by atoms with van der Waals surface area (Å²) in [7, 11) is -3.68. The van der Waals surface area contributed by atoms with Crippen LogP contribution >= 0.6 is 12.2 Å². The molecule has 4 rings (SSSR count). The molecular formula is C22H20N4O4S2. The fourth-order valence-corrected chi connectivity index (χ4v) is 5.32. The Morgan fingerprint density at radius 1 is 0.938 bits per heavy atom. The number of aryl methyl sites for hydroxylation is 1. The Kier molecular flexibility index (Phi) is 6.06. The molecule has 0 bridgehead atoms. The molecule has 3 aromatic rings. The van der Waals surface area contributed by atoms with E-state index in [-0.39, 0.29) is 15.7 Å². The van der Waals surface area contributed by atoms with E-state index in [1.165, 1.54) is 16.4 Å². The first-order valence-corrected chi connectivity index (χ1v) is 11.7. The van der Waals surface area contributed by atoms with Crippen molar-refractivity contribution < 1.29 is 13.3 Å². The second kappa shape index (κ2) is 8.93. The summed E-state index contributed by atoms with van der Waals surface area (Å²) in [6.07, 6.45) is 1.64. The van der Waals surface area contributed by atoms with E-state index in [0.29, 0.717) is 17.9 Å². The Labute approximate surface area is 191 Å². The number of non-ortho nitro benzene ring substituents is 1. The maximum Gasteiger partial charge on any atom is 0.269 e. The normalized spacial score (nSPS) is 13.2. The standard InChI is InChI=1S/C22H20N4O4S2/c27-26(28)19-11-7-17(8-12-19)23-22(31)24-18-9-13-20(14-10-18)32(29,30)25-15-3-5-16-4-1-2-6-21(16)25/h1-2,4,6-14H,3,5,15H2,(H2,23,24,31). The highest BCUT2D eigenvalue weighted by molar-refractivity contribution is 7.92. The Morgan fingerprint density at radius 3 is 2.16 bits per heavy atom. The summed E-state index contributed by atoms with van der Waals surface area (Å²) in [5.74, 6) is 0. The number of thiocarbonyl (C=S) groups is 1. The van der Waals surface area contributed by atoms with E-state index in [1.54, 1.807) is 36.4 Å². The zero-order valence-corrected chi connectivity index (χ0v) is 18.5. The number of hydrogen-bond acceptors (Lipinski definition) is 5. The van der Waals surface area contributed by atoms with Crippen molar-refractivity contribution in [3.05, 3.63) is 88.5 Å². The van der Waals surface area contributed by atoms with Gasteiger partial charge in [0.25, 0.3) is 15.7 Å². The van der Waals surface area contributed by atoms with Gasteiger partial charge in [0.1, 0.15) is 0 Å². The lowest BCUT2D eigenvalue weighted by atomic mass is 10.0. The summed E-state index contributed by atoms with van der Waals surface area (Å²) in [6.45, 7) is 0.447. The van der Waals surface area contributed by atoms with E-state index in [2.05, 4.69) is 10.6 Å². The van der Waals surface area contributed by atoms with Crippen molar-refractivity contribution in [2.45, 2.75) is 17.7 Å². The maximum absolute atomic E-state index is 13.2. The minimum absolute atomic E-state index is 0.0115. The molecule has 1 aliphatic heterocycles. The molecule has 8 nitrogen and oxygen atoms in total. The molecule has 0 amide bonds. The van der Waals surface area contributed by atoms with Crippen LogP contribution < -0.4 is 14.9 Å². The number of sulfonamides is 1. The van der Waals surface area contributed by atoms with E-state index in [4.69, 9.17) is 12.2 Å². The summed E-state index contributed by atoms with van der Waals surface area (Å²) in [6, 6.07) is 19.8. The Morgan fingerprint density at radius 2 is 1.53 bits per heavy atom. The molecule has 2 N–H and O–H groups in total. The van der Waals surface area contributed by atoms with Gasteiger partial charge in [-0.2, -0.15) is 0 Å². The van der Waals surface area contributed by atoms with Gasteiger partial charge in [-0.15, -0.1) is 0 Å². The van der Waals surface area contributed by atoms with Gasteiger partial charge >= 0.3 is 0 Å².